The second kappa shape index (κ2) is 3.95. The average Bonchev–Trinajstić information content (AvgIpc) is 2.09. The van der Waals surface area contributed by atoms with Gasteiger partial charge in [-0.15, -0.1) is 0 Å². The van der Waals surface area contributed by atoms with Gasteiger partial charge in [-0.3, -0.25) is 4.79 Å². The van der Waals surface area contributed by atoms with E-state index in [1.807, 2.05) is 4.98 Å². The Morgan fingerprint density at radius 1 is 1.54 bits per heavy atom. The van der Waals surface area contributed by atoms with Gasteiger partial charge in [0.15, 0.2) is 5.82 Å². The number of alkyl halides is 3. The zero-order valence-electron chi connectivity index (χ0n) is 6.28. The van der Waals surface area contributed by atoms with Crippen LogP contribution in [0.3, 0.4) is 0 Å². The standard InChI is InChI=1S/C7H5BrF3NO/c8-1-3-2-12-5(7(10)11)4(9)6(3)13/h2,7H,1H2,(H,12,13). The number of rotatable bonds is 2. The Bertz CT molecular complexity index is 363. The average molecular weight is 256 g/mol. The molecule has 0 saturated carbocycles. The third kappa shape index (κ3) is 1.93. The number of halogens is 4. The van der Waals surface area contributed by atoms with Gasteiger partial charge in [0.1, 0.15) is 5.69 Å². The highest BCUT2D eigenvalue weighted by Crippen LogP contribution is 2.17. The van der Waals surface area contributed by atoms with E-state index < -0.39 is 23.4 Å². The summed E-state index contributed by atoms with van der Waals surface area (Å²) in [4.78, 5) is 13.0. The lowest BCUT2D eigenvalue weighted by Crippen LogP contribution is -2.16. The van der Waals surface area contributed by atoms with E-state index in [2.05, 4.69) is 15.9 Å². The van der Waals surface area contributed by atoms with Crippen LogP contribution >= 0.6 is 15.9 Å². The molecule has 0 aliphatic heterocycles. The summed E-state index contributed by atoms with van der Waals surface area (Å²) in [5.74, 6) is -1.41. The van der Waals surface area contributed by atoms with Crippen LogP contribution in [0.25, 0.3) is 0 Å². The quantitative estimate of drug-likeness (QED) is 0.809. The van der Waals surface area contributed by atoms with Crippen LogP contribution in [0.15, 0.2) is 11.0 Å². The van der Waals surface area contributed by atoms with Crippen molar-refractivity contribution in [3.63, 3.8) is 0 Å². The topological polar surface area (TPSA) is 32.9 Å². The van der Waals surface area contributed by atoms with Crippen molar-refractivity contribution in [2.75, 3.05) is 0 Å². The maximum Gasteiger partial charge on any atom is 0.281 e. The van der Waals surface area contributed by atoms with Crippen molar-refractivity contribution in [3.8, 4) is 0 Å². The molecule has 1 aromatic heterocycles. The molecule has 2 nitrogen and oxygen atoms in total. The van der Waals surface area contributed by atoms with Crippen molar-refractivity contribution in [1.29, 1.82) is 0 Å². The van der Waals surface area contributed by atoms with Gasteiger partial charge in [-0.2, -0.15) is 0 Å². The molecule has 1 rings (SSSR count). The molecule has 0 amide bonds. The molecular weight excluding hydrogens is 251 g/mol. The van der Waals surface area contributed by atoms with E-state index in [4.69, 9.17) is 0 Å². The Morgan fingerprint density at radius 3 is 2.62 bits per heavy atom. The third-order valence-corrected chi connectivity index (χ3v) is 2.10. The van der Waals surface area contributed by atoms with Gasteiger partial charge in [-0.25, -0.2) is 13.2 Å². The fourth-order valence-electron chi connectivity index (χ4n) is 0.815. The molecule has 1 aromatic rings. The molecule has 0 aliphatic carbocycles. The number of hydrogen-bond acceptors (Lipinski definition) is 1. The van der Waals surface area contributed by atoms with E-state index in [1.165, 1.54) is 0 Å². The van der Waals surface area contributed by atoms with Crippen LogP contribution in [-0.2, 0) is 5.33 Å². The van der Waals surface area contributed by atoms with Crippen LogP contribution in [0, 0.1) is 5.82 Å². The van der Waals surface area contributed by atoms with E-state index in [0.717, 1.165) is 6.20 Å². The fourth-order valence-corrected chi connectivity index (χ4v) is 1.23. The van der Waals surface area contributed by atoms with Crippen molar-refractivity contribution in [2.24, 2.45) is 0 Å². The zero-order valence-corrected chi connectivity index (χ0v) is 7.87. The Morgan fingerprint density at radius 2 is 2.15 bits per heavy atom. The maximum atomic E-state index is 12.9. The van der Waals surface area contributed by atoms with Crippen LogP contribution in [0.1, 0.15) is 17.7 Å². The van der Waals surface area contributed by atoms with Crippen molar-refractivity contribution in [3.05, 3.63) is 33.5 Å². The molecule has 0 saturated heterocycles. The highest BCUT2D eigenvalue weighted by molar-refractivity contribution is 9.08. The molecule has 0 bridgehead atoms. The van der Waals surface area contributed by atoms with Crippen molar-refractivity contribution in [2.45, 2.75) is 11.8 Å². The SMILES string of the molecule is O=c1c(CBr)c[nH]c(C(F)F)c1F. The van der Waals surface area contributed by atoms with Crippen LogP contribution < -0.4 is 5.43 Å². The summed E-state index contributed by atoms with van der Waals surface area (Å²) >= 11 is 2.93. The lowest BCUT2D eigenvalue weighted by atomic mass is 10.2. The second-order valence-electron chi connectivity index (χ2n) is 2.31. The Kier molecular flexibility index (Phi) is 3.13. The van der Waals surface area contributed by atoms with Gasteiger partial charge in [-0.05, 0) is 0 Å². The minimum atomic E-state index is -3.00. The first-order valence-corrected chi connectivity index (χ1v) is 4.44. The zero-order chi connectivity index (χ0) is 10.0. The normalized spacial score (nSPS) is 10.8. The highest BCUT2D eigenvalue weighted by Gasteiger charge is 2.17. The first-order chi connectivity index (χ1) is 6.07. The van der Waals surface area contributed by atoms with Gasteiger partial charge < -0.3 is 4.98 Å². The monoisotopic (exact) mass is 255 g/mol. The molecule has 1 heterocycles. The lowest BCUT2D eigenvalue weighted by molar-refractivity contribution is 0.140. The van der Waals surface area contributed by atoms with Crippen molar-refractivity contribution in [1.82, 2.24) is 4.98 Å². The number of H-pyrrole nitrogens is 1. The summed E-state index contributed by atoms with van der Waals surface area (Å²) < 4.78 is 36.9. The minimum Gasteiger partial charge on any atom is -0.357 e. The van der Waals surface area contributed by atoms with E-state index in [1.54, 1.807) is 0 Å². The Balaban J connectivity index is 3.32. The van der Waals surface area contributed by atoms with Gasteiger partial charge in [0.05, 0.1) is 0 Å². The first kappa shape index (κ1) is 10.3. The van der Waals surface area contributed by atoms with Gasteiger partial charge >= 0.3 is 0 Å². The summed E-state index contributed by atoms with van der Waals surface area (Å²) in [6, 6.07) is 0. The molecule has 1 N–H and O–H groups in total. The van der Waals surface area contributed by atoms with E-state index in [-0.39, 0.29) is 10.9 Å². The van der Waals surface area contributed by atoms with Crippen LogP contribution in [0.5, 0.6) is 0 Å². The molecular formula is C7H5BrF3NO. The molecule has 72 valence electrons. The summed E-state index contributed by atoms with van der Waals surface area (Å²) in [6.07, 6.45) is -1.93. The fraction of sp³-hybridized carbons (Fsp3) is 0.286. The minimum absolute atomic E-state index is 0.0851. The number of aromatic amines is 1. The molecule has 0 unspecified atom stereocenters. The van der Waals surface area contributed by atoms with E-state index in [0.29, 0.717) is 0 Å². The summed E-state index contributed by atoms with van der Waals surface area (Å²) in [5, 5.41) is 0.128. The molecule has 0 aliphatic rings. The van der Waals surface area contributed by atoms with E-state index >= 15 is 0 Å². The smallest absolute Gasteiger partial charge is 0.281 e. The summed E-state index contributed by atoms with van der Waals surface area (Å²) in [6.45, 7) is 0. The maximum absolute atomic E-state index is 12.9. The second-order valence-corrected chi connectivity index (χ2v) is 2.87. The molecule has 0 spiro atoms. The largest absolute Gasteiger partial charge is 0.357 e. The van der Waals surface area contributed by atoms with Crippen molar-refractivity contribution >= 4 is 15.9 Å². The Labute approximate surface area is 79.9 Å². The lowest BCUT2D eigenvalue weighted by Gasteiger charge is -2.02. The van der Waals surface area contributed by atoms with Gasteiger partial charge in [0.25, 0.3) is 6.43 Å². The van der Waals surface area contributed by atoms with Gasteiger partial charge in [-0.1, -0.05) is 15.9 Å². The number of pyridine rings is 1. The molecule has 13 heavy (non-hydrogen) atoms. The third-order valence-electron chi connectivity index (χ3n) is 1.49. The van der Waals surface area contributed by atoms with Gasteiger partial charge in [0, 0.05) is 17.1 Å². The van der Waals surface area contributed by atoms with Crippen LogP contribution in [-0.4, -0.2) is 4.98 Å². The first-order valence-electron chi connectivity index (χ1n) is 3.32. The number of aromatic nitrogens is 1. The molecule has 0 radical (unpaired) electrons. The summed E-state index contributed by atoms with van der Waals surface area (Å²) in [7, 11) is 0. The predicted molar refractivity (Wildman–Crippen MR) is 44.6 cm³/mol. The molecule has 0 atom stereocenters. The van der Waals surface area contributed by atoms with Crippen molar-refractivity contribution < 1.29 is 13.2 Å². The summed E-state index contributed by atoms with van der Waals surface area (Å²) in [5.41, 5.74) is -1.87. The predicted octanol–water partition coefficient (Wildman–Crippen LogP) is 2.35. The number of hydrogen-bond donors (Lipinski definition) is 1. The molecule has 0 fully saturated rings. The number of nitrogens with one attached hydrogen (secondary N) is 1. The molecule has 6 heteroatoms. The van der Waals surface area contributed by atoms with E-state index in [9.17, 15) is 18.0 Å². The van der Waals surface area contributed by atoms with Crippen LogP contribution in [0.4, 0.5) is 13.2 Å². The Hall–Kier alpha value is -0.780. The molecule has 0 aromatic carbocycles. The van der Waals surface area contributed by atoms with Gasteiger partial charge in [0.2, 0.25) is 5.43 Å². The highest BCUT2D eigenvalue weighted by atomic mass is 79.9. The van der Waals surface area contributed by atoms with Crippen LogP contribution in [0.2, 0.25) is 0 Å².